The van der Waals surface area contributed by atoms with Gasteiger partial charge >= 0.3 is 0 Å². The Kier molecular flexibility index (Phi) is 11.8. The first kappa shape index (κ1) is 28.4. The van der Waals surface area contributed by atoms with Crippen LogP contribution >= 0.6 is 0 Å². The van der Waals surface area contributed by atoms with E-state index < -0.39 is 5.41 Å². The molecule has 0 fully saturated rings. The molecule has 35 heavy (non-hydrogen) atoms. The van der Waals surface area contributed by atoms with Crippen LogP contribution in [0.2, 0.25) is 0 Å². The Labute approximate surface area is 212 Å². The van der Waals surface area contributed by atoms with E-state index in [1.54, 1.807) is 6.08 Å². The Hall–Kier alpha value is -2.87. The van der Waals surface area contributed by atoms with E-state index in [4.69, 9.17) is 0 Å². The SMILES string of the molecule is C=C(/C=C\C=C/C)[C@@H](C)CC/C=C\C(=C/CCC)c1ccc(CC[C@@]2(C)CC=C(O)C=C2F)cc1. The molecule has 2 atom stereocenters. The van der Waals surface area contributed by atoms with Crippen LogP contribution in [0.4, 0.5) is 4.39 Å². The first-order valence-electron chi connectivity index (χ1n) is 13.0. The maximum Gasteiger partial charge on any atom is 0.114 e. The molecule has 1 aromatic rings. The molecule has 0 unspecified atom stereocenters. The largest absolute Gasteiger partial charge is 0.508 e. The van der Waals surface area contributed by atoms with Gasteiger partial charge in [0.2, 0.25) is 0 Å². The number of aliphatic hydroxyl groups excluding tert-OH is 1. The molecule has 1 aliphatic rings. The minimum Gasteiger partial charge on any atom is -0.508 e. The zero-order chi connectivity index (χ0) is 25.7. The zero-order valence-electron chi connectivity index (χ0n) is 22.1. The molecule has 0 saturated heterocycles. The van der Waals surface area contributed by atoms with Gasteiger partial charge in [-0.2, -0.15) is 0 Å². The summed E-state index contributed by atoms with van der Waals surface area (Å²) < 4.78 is 14.4. The molecule has 0 saturated carbocycles. The van der Waals surface area contributed by atoms with Crippen molar-refractivity contribution < 1.29 is 9.50 Å². The Morgan fingerprint density at radius 2 is 1.91 bits per heavy atom. The Bertz CT molecular complexity index is 1000. The van der Waals surface area contributed by atoms with Crippen LogP contribution in [0.25, 0.3) is 5.57 Å². The van der Waals surface area contributed by atoms with E-state index in [1.165, 1.54) is 28.3 Å². The highest BCUT2D eigenvalue weighted by atomic mass is 19.1. The highest BCUT2D eigenvalue weighted by molar-refractivity contribution is 5.74. The van der Waals surface area contributed by atoms with Gasteiger partial charge in [0.15, 0.2) is 0 Å². The number of hydrogen-bond donors (Lipinski definition) is 1. The van der Waals surface area contributed by atoms with Crippen molar-refractivity contribution in [1.82, 2.24) is 0 Å². The van der Waals surface area contributed by atoms with Gasteiger partial charge in [-0.05, 0) is 74.1 Å². The van der Waals surface area contributed by atoms with Crippen LogP contribution in [-0.4, -0.2) is 5.11 Å². The summed E-state index contributed by atoms with van der Waals surface area (Å²) in [4.78, 5) is 0. The fraction of sp³-hybridized carbons (Fsp3) is 0.394. The molecule has 1 aliphatic carbocycles. The summed E-state index contributed by atoms with van der Waals surface area (Å²) in [6.45, 7) is 12.6. The van der Waals surface area contributed by atoms with Gasteiger partial charge in [0, 0.05) is 11.5 Å². The second-order valence-corrected chi connectivity index (χ2v) is 9.87. The summed E-state index contributed by atoms with van der Waals surface area (Å²) >= 11 is 0. The van der Waals surface area contributed by atoms with Gasteiger partial charge in [0.25, 0.3) is 0 Å². The predicted molar refractivity (Wildman–Crippen MR) is 151 cm³/mol. The van der Waals surface area contributed by atoms with Crippen LogP contribution in [-0.2, 0) is 6.42 Å². The van der Waals surface area contributed by atoms with Crippen LogP contribution in [0.1, 0.15) is 77.3 Å². The van der Waals surface area contributed by atoms with Gasteiger partial charge in [-0.15, -0.1) is 0 Å². The highest BCUT2D eigenvalue weighted by Gasteiger charge is 2.31. The van der Waals surface area contributed by atoms with Crippen LogP contribution in [0, 0.1) is 11.3 Å². The van der Waals surface area contributed by atoms with Crippen molar-refractivity contribution in [3.63, 3.8) is 0 Å². The van der Waals surface area contributed by atoms with E-state index in [9.17, 15) is 9.50 Å². The summed E-state index contributed by atoms with van der Waals surface area (Å²) in [6, 6.07) is 8.68. The molecule has 0 aliphatic heterocycles. The fourth-order valence-corrected chi connectivity index (χ4v) is 4.07. The maximum absolute atomic E-state index is 14.4. The minimum absolute atomic E-state index is 0.0319. The van der Waals surface area contributed by atoms with Gasteiger partial charge in [-0.1, -0.05) is 106 Å². The molecule has 1 aromatic carbocycles. The number of aliphatic hydroxyl groups is 1. The van der Waals surface area contributed by atoms with Crippen molar-refractivity contribution in [3.05, 3.63) is 114 Å². The van der Waals surface area contributed by atoms with Crippen molar-refractivity contribution in [1.29, 1.82) is 0 Å². The molecule has 0 bridgehead atoms. The van der Waals surface area contributed by atoms with E-state index in [-0.39, 0.29) is 11.6 Å². The van der Waals surface area contributed by atoms with Gasteiger partial charge in [0.1, 0.15) is 11.6 Å². The normalized spacial score (nSPS) is 20.0. The number of halogens is 1. The summed E-state index contributed by atoms with van der Waals surface area (Å²) in [5, 5.41) is 9.53. The molecule has 0 spiro atoms. The minimum atomic E-state index is -0.537. The topological polar surface area (TPSA) is 20.2 Å². The fourth-order valence-electron chi connectivity index (χ4n) is 4.07. The molecule has 1 nitrogen and oxygen atoms in total. The second-order valence-electron chi connectivity index (χ2n) is 9.87. The third kappa shape index (κ3) is 9.36. The highest BCUT2D eigenvalue weighted by Crippen LogP contribution is 2.40. The molecule has 0 radical (unpaired) electrons. The zero-order valence-corrected chi connectivity index (χ0v) is 22.1. The monoisotopic (exact) mass is 474 g/mol. The van der Waals surface area contributed by atoms with E-state index in [2.05, 4.69) is 75.1 Å². The lowest BCUT2D eigenvalue weighted by atomic mass is 9.77. The number of aryl methyl sites for hydroxylation is 1. The van der Waals surface area contributed by atoms with E-state index >= 15 is 0 Å². The molecule has 1 N–H and O–H groups in total. The number of rotatable bonds is 13. The van der Waals surface area contributed by atoms with Gasteiger partial charge < -0.3 is 5.11 Å². The molecule has 0 amide bonds. The van der Waals surface area contributed by atoms with E-state index in [0.29, 0.717) is 18.8 Å². The van der Waals surface area contributed by atoms with Crippen molar-refractivity contribution in [2.24, 2.45) is 11.3 Å². The van der Waals surface area contributed by atoms with Crippen LogP contribution < -0.4 is 0 Å². The third-order valence-electron chi connectivity index (χ3n) is 6.83. The summed E-state index contributed by atoms with van der Waals surface area (Å²) in [5.41, 5.74) is 4.31. The molecule has 2 heteroatoms. The lowest BCUT2D eigenvalue weighted by molar-refractivity contribution is 0.278. The molecule has 0 aromatic heterocycles. The molecule has 0 heterocycles. The molecular formula is C33H43FO. The Morgan fingerprint density at radius 3 is 2.57 bits per heavy atom. The first-order chi connectivity index (χ1) is 16.8. The second kappa shape index (κ2) is 14.5. The Balaban J connectivity index is 1.97. The van der Waals surface area contributed by atoms with E-state index in [1.807, 2.05) is 26.0 Å². The standard InChI is InChI=1S/C33H43FO/c1-6-8-10-13-26(3)27(4)14-11-12-16-29(15-9-7-2)30-19-17-28(18-20-30)21-23-33(5)24-22-31(35)25-32(33)34/h6,8,10,12-13,15-20,22,25,27,35H,3,7,9,11,14,21,23-24H2,1-2,4-5H3/b8-6-,13-10-,16-12-,29-15+/t27-,33-/m0/s1. The summed E-state index contributed by atoms with van der Waals surface area (Å²) in [7, 11) is 0. The lowest BCUT2D eigenvalue weighted by Gasteiger charge is -2.29. The Morgan fingerprint density at radius 1 is 1.17 bits per heavy atom. The third-order valence-corrected chi connectivity index (χ3v) is 6.83. The number of hydrogen-bond acceptors (Lipinski definition) is 1. The number of benzene rings is 1. The van der Waals surface area contributed by atoms with E-state index in [0.717, 1.165) is 32.1 Å². The summed E-state index contributed by atoms with van der Waals surface area (Å²) in [6.07, 6.45) is 24.3. The van der Waals surface area contributed by atoms with Gasteiger partial charge in [0.05, 0.1) is 0 Å². The summed E-state index contributed by atoms with van der Waals surface area (Å²) in [5.74, 6) is 0.258. The van der Waals surface area contributed by atoms with Crippen LogP contribution in [0.5, 0.6) is 0 Å². The van der Waals surface area contributed by atoms with Gasteiger partial charge in [-0.25, -0.2) is 4.39 Å². The number of unbranched alkanes of at least 4 members (excludes halogenated alkanes) is 1. The number of allylic oxidation sites excluding steroid dienone is 12. The average molecular weight is 475 g/mol. The molecular weight excluding hydrogens is 431 g/mol. The van der Waals surface area contributed by atoms with Gasteiger partial charge in [-0.3, -0.25) is 0 Å². The van der Waals surface area contributed by atoms with Crippen LogP contribution in [0.15, 0.2) is 103 Å². The first-order valence-corrected chi connectivity index (χ1v) is 13.0. The van der Waals surface area contributed by atoms with Crippen molar-refractivity contribution in [3.8, 4) is 0 Å². The van der Waals surface area contributed by atoms with Crippen molar-refractivity contribution >= 4 is 5.57 Å². The van der Waals surface area contributed by atoms with Crippen LogP contribution in [0.3, 0.4) is 0 Å². The maximum atomic E-state index is 14.4. The molecule has 2 rings (SSSR count). The average Bonchev–Trinajstić information content (AvgIpc) is 2.85. The lowest BCUT2D eigenvalue weighted by Crippen LogP contribution is -2.20. The molecule has 188 valence electrons. The smallest absolute Gasteiger partial charge is 0.114 e. The van der Waals surface area contributed by atoms with Crippen molar-refractivity contribution in [2.75, 3.05) is 0 Å². The van der Waals surface area contributed by atoms with Crippen molar-refractivity contribution in [2.45, 2.75) is 72.6 Å². The quantitative estimate of drug-likeness (QED) is 0.282. The predicted octanol–water partition coefficient (Wildman–Crippen LogP) is 10.2.